The molecule has 0 aliphatic heterocycles. The van der Waals surface area contributed by atoms with Gasteiger partial charge in [-0.1, -0.05) is 109 Å². The quantitative estimate of drug-likeness (QED) is 0.0533. The van der Waals surface area contributed by atoms with E-state index in [2.05, 4.69) is 0 Å². The predicted octanol–water partition coefficient (Wildman–Crippen LogP) is 15.9. The van der Waals surface area contributed by atoms with Crippen molar-refractivity contribution in [1.82, 2.24) is 0 Å². The minimum absolute atomic E-state index is 0.0999. The van der Waals surface area contributed by atoms with Gasteiger partial charge in [0.05, 0.1) is 0 Å². The van der Waals surface area contributed by atoms with E-state index >= 15 is 4.39 Å². The molecular formula is C51H42Cl2F4O3. The molecule has 306 valence electrons. The van der Waals surface area contributed by atoms with Crippen LogP contribution in [0.4, 0.5) is 17.6 Å². The summed E-state index contributed by atoms with van der Waals surface area (Å²) in [5.41, 5.74) is 4.53. The zero-order chi connectivity index (χ0) is 42.4. The summed E-state index contributed by atoms with van der Waals surface area (Å²) in [7, 11) is 0. The third-order valence-electron chi connectivity index (χ3n) is 9.62. The molecule has 0 amide bonds. The lowest BCUT2D eigenvalue weighted by atomic mass is 10.00. The predicted molar refractivity (Wildman–Crippen MR) is 235 cm³/mol. The molecule has 0 spiro atoms. The van der Waals surface area contributed by atoms with Crippen LogP contribution in [0.5, 0.6) is 23.0 Å². The molecule has 2 fully saturated rings. The van der Waals surface area contributed by atoms with Crippen molar-refractivity contribution in [2.75, 3.05) is 0 Å². The van der Waals surface area contributed by atoms with Gasteiger partial charge < -0.3 is 9.47 Å². The van der Waals surface area contributed by atoms with E-state index in [9.17, 15) is 18.0 Å². The van der Waals surface area contributed by atoms with Crippen LogP contribution in [0.2, 0.25) is 10.0 Å². The molecular weight excluding hydrogens is 807 g/mol. The zero-order valence-corrected chi connectivity index (χ0v) is 34.3. The van der Waals surface area contributed by atoms with Gasteiger partial charge in [-0.15, -0.1) is 0 Å². The van der Waals surface area contributed by atoms with E-state index in [4.69, 9.17) is 32.7 Å². The van der Waals surface area contributed by atoms with Gasteiger partial charge in [-0.25, -0.2) is 17.6 Å². The van der Waals surface area contributed by atoms with E-state index in [-0.39, 0.29) is 41.3 Å². The summed E-state index contributed by atoms with van der Waals surface area (Å²) in [5.74, 6) is 0.259. The molecule has 2 saturated carbocycles. The number of para-hydroxylation sites is 2. The monoisotopic (exact) mass is 848 g/mol. The molecule has 6 aromatic rings. The van der Waals surface area contributed by atoms with Crippen molar-refractivity contribution < 1.29 is 31.8 Å². The lowest BCUT2D eigenvalue weighted by molar-refractivity contribution is -0.106. The number of benzene rings is 6. The molecule has 0 radical (unpaired) electrons. The first kappa shape index (κ1) is 43.7. The highest BCUT2D eigenvalue weighted by molar-refractivity contribution is 6.30. The van der Waals surface area contributed by atoms with Crippen LogP contribution in [0.1, 0.15) is 54.9 Å². The fourth-order valence-corrected chi connectivity index (χ4v) is 6.49. The Bertz CT molecular complexity index is 2440. The number of aldehydes is 1. The Kier molecular flexibility index (Phi) is 15.6. The maximum atomic E-state index is 15.0. The second-order valence-electron chi connectivity index (χ2n) is 14.2. The Morgan fingerprint density at radius 2 is 1.05 bits per heavy atom. The summed E-state index contributed by atoms with van der Waals surface area (Å²) in [5, 5.41) is 1.23. The van der Waals surface area contributed by atoms with Crippen molar-refractivity contribution >= 4 is 46.7 Å². The summed E-state index contributed by atoms with van der Waals surface area (Å²) in [4.78, 5) is 10.5. The fourth-order valence-electron chi connectivity index (χ4n) is 6.24. The fraction of sp³-hybridized carbons (Fsp3) is 0.157. The first-order chi connectivity index (χ1) is 29.1. The van der Waals surface area contributed by atoms with E-state index in [1.807, 2.05) is 55.5 Å². The number of halogens is 6. The summed E-state index contributed by atoms with van der Waals surface area (Å²) in [6.07, 6.45) is 8.08. The van der Waals surface area contributed by atoms with E-state index in [1.54, 1.807) is 91.0 Å². The highest BCUT2D eigenvalue weighted by atomic mass is 35.5. The van der Waals surface area contributed by atoms with Crippen LogP contribution in [0.15, 0.2) is 163 Å². The molecule has 0 N–H and O–H groups in total. The largest absolute Gasteiger partial charge is 0.454 e. The van der Waals surface area contributed by atoms with Crippen molar-refractivity contribution in [2.45, 2.75) is 39.0 Å². The number of carbonyl (C=O) groups excluding carboxylic acids is 1. The van der Waals surface area contributed by atoms with Gasteiger partial charge in [-0.2, -0.15) is 0 Å². The Morgan fingerprint density at radius 1 is 0.600 bits per heavy atom. The van der Waals surface area contributed by atoms with Crippen molar-refractivity contribution in [3.8, 4) is 23.0 Å². The molecule has 0 atom stereocenters. The van der Waals surface area contributed by atoms with Crippen LogP contribution >= 0.6 is 23.2 Å². The molecule has 0 unspecified atom stereocenters. The van der Waals surface area contributed by atoms with Gasteiger partial charge >= 0.3 is 0 Å². The second-order valence-corrected chi connectivity index (χ2v) is 15.0. The number of hydrogen-bond acceptors (Lipinski definition) is 3. The number of ether oxygens (including phenoxy) is 2. The molecule has 0 heterocycles. The van der Waals surface area contributed by atoms with Crippen LogP contribution in [0, 0.1) is 23.5 Å². The van der Waals surface area contributed by atoms with Crippen LogP contribution < -0.4 is 9.47 Å². The number of hydrogen-bond donors (Lipinski definition) is 0. The number of allylic oxidation sites excluding steroid dienone is 5. The Labute approximate surface area is 358 Å². The molecule has 2 aliphatic carbocycles. The van der Waals surface area contributed by atoms with E-state index in [0.717, 1.165) is 48.8 Å². The minimum atomic E-state index is -0.653. The van der Waals surface area contributed by atoms with Gasteiger partial charge in [0.25, 0.3) is 0 Å². The third-order valence-corrected chi connectivity index (χ3v) is 10.1. The van der Waals surface area contributed by atoms with Crippen molar-refractivity contribution in [2.24, 2.45) is 11.8 Å². The normalized spacial score (nSPS) is 14.1. The maximum absolute atomic E-state index is 15.0. The van der Waals surface area contributed by atoms with Gasteiger partial charge in [-0.3, -0.25) is 4.79 Å². The minimum Gasteiger partial charge on any atom is -0.454 e. The summed E-state index contributed by atoms with van der Waals surface area (Å²) >= 11 is 11.7. The highest BCUT2D eigenvalue weighted by Crippen LogP contribution is 2.45. The molecule has 0 aromatic heterocycles. The van der Waals surface area contributed by atoms with Crippen LogP contribution in [0.25, 0.3) is 17.2 Å². The van der Waals surface area contributed by atoms with Crippen molar-refractivity contribution in [3.63, 3.8) is 0 Å². The van der Waals surface area contributed by atoms with E-state index in [0.29, 0.717) is 38.3 Å². The SMILES string of the molecule is CCc1ccc(F)c(Oc2ccccc2)c1.FC(C=Cc1ccc(F)c(Oc2ccccc2)c1)=C(c1ccc(Cl)cc1)C1CC1.O=CC(F)=C(c1ccc(Cl)cc1)C1CC1. The van der Waals surface area contributed by atoms with Gasteiger partial charge in [0, 0.05) is 15.6 Å². The van der Waals surface area contributed by atoms with E-state index in [1.165, 1.54) is 18.2 Å². The number of carbonyl (C=O) groups is 1. The zero-order valence-electron chi connectivity index (χ0n) is 32.8. The molecule has 0 saturated heterocycles. The molecule has 6 aromatic carbocycles. The highest BCUT2D eigenvalue weighted by Gasteiger charge is 2.30. The lowest BCUT2D eigenvalue weighted by Crippen LogP contribution is -1.91. The van der Waals surface area contributed by atoms with Gasteiger partial charge in [0.1, 0.15) is 17.3 Å². The van der Waals surface area contributed by atoms with Crippen molar-refractivity contribution in [1.29, 1.82) is 0 Å². The Balaban J connectivity index is 0.000000165. The van der Waals surface area contributed by atoms with Crippen LogP contribution in [-0.2, 0) is 11.2 Å². The smallest absolute Gasteiger partial charge is 0.178 e. The molecule has 60 heavy (non-hydrogen) atoms. The average molecular weight is 850 g/mol. The molecule has 9 heteroatoms. The van der Waals surface area contributed by atoms with Gasteiger partial charge in [-0.05, 0) is 151 Å². The van der Waals surface area contributed by atoms with Crippen LogP contribution in [0.3, 0.4) is 0 Å². The topological polar surface area (TPSA) is 35.5 Å². The standard InChI is InChI=1S/C25H19ClF2O.C14H13FO.C12H10ClFO/c26-20-12-10-19(11-13-20)25(18-8-9-18)23(28)15-7-17-6-14-22(27)24(16-17)29-21-4-2-1-3-5-21;1-2-11-8-9-13(15)14(10-11)16-12-6-4-3-5-7-12;13-10-5-3-9(4-6-10)12(8-1-2-8)11(14)7-15/h1-7,10-16,18H,8-9H2;3-10H,2H2,1H3;3-8H,1-2H2. The molecule has 0 bridgehead atoms. The van der Waals surface area contributed by atoms with E-state index < -0.39 is 11.6 Å². The average Bonchev–Trinajstić information content (AvgIpc) is 4.22. The van der Waals surface area contributed by atoms with Gasteiger partial charge in [0.2, 0.25) is 0 Å². The molecule has 3 nitrogen and oxygen atoms in total. The lowest BCUT2D eigenvalue weighted by Gasteiger charge is -2.08. The maximum Gasteiger partial charge on any atom is 0.178 e. The van der Waals surface area contributed by atoms with Crippen LogP contribution in [-0.4, -0.2) is 6.29 Å². The summed E-state index contributed by atoms with van der Waals surface area (Å²) in [6.45, 7) is 2.03. The number of rotatable bonds is 12. The molecule has 2 aliphatic rings. The second kappa shape index (κ2) is 21.4. The first-order valence-electron chi connectivity index (χ1n) is 19.6. The molecule has 8 rings (SSSR count). The van der Waals surface area contributed by atoms with Gasteiger partial charge in [0.15, 0.2) is 35.2 Å². The Hall–Kier alpha value is -5.89. The summed E-state index contributed by atoms with van der Waals surface area (Å²) in [6, 6.07) is 41.7. The third kappa shape index (κ3) is 12.8. The number of aryl methyl sites for hydroxylation is 1. The summed E-state index contributed by atoms with van der Waals surface area (Å²) < 4.78 is 67.0. The van der Waals surface area contributed by atoms with Crippen molar-refractivity contribution in [3.05, 3.63) is 207 Å². The first-order valence-corrected chi connectivity index (χ1v) is 20.4. The Morgan fingerprint density at radius 3 is 1.50 bits per heavy atom.